The maximum Gasteiger partial charge on any atom is 0.420 e. The monoisotopic (exact) mass is 425 g/mol. The van der Waals surface area contributed by atoms with E-state index in [0.717, 1.165) is 0 Å². The van der Waals surface area contributed by atoms with Crippen molar-refractivity contribution in [1.82, 2.24) is 4.57 Å². The van der Waals surface area contributed by atoms with Crippen LogP contribution in [0.25, 0.3) is 11.1 Å². The summed E-state index contributed by atoms with van der Waals surface area (Å²) in [6.07, 6.45) is 0. The summed E-state index contributed by atoms with van der Waals surface area (Å²) < 4.78 is 6.50. The zero-order chi connectivity index (χ0) is 20.5. The molecule has 0 radical (unpaired) electrons. The highest BCUT2D eigenvalue weighted by molar-refractivity contribution is 6.31. The van der Waals surface area contributed by atoms with E-state index in [-0.39, 0.29) is 23.7 Å². The molecule has 29 heavy (non-hydrogen) atoms. The van der Waals surface area contributed by atoms with Gasteiger partial charge in [-0.15, -0.1) is 0 Å². The molecule has 0 spiro atoms. The second-order valence-corrected chi connectivity index (χ2v) is 7.28. The molecular formula is C22H13Cl2NO4. The lowest BCUT2D eigenvalue weighted by Crippen LogP contribution is -2.20. The molecule has 144 valence electrons. The predicted molar refractivity (Wildman–Crippen MR) is 111 cm³/mol. The number of carbonyl (C=O) groups is 2. The number of rotatable bonds is 5. The molecule has 0 saturated carbocycles. The van der Waals surface area contributed by atoms with Gasteiger partial charge in [0.2, 0.25) is 0 Å². The van der Waals surface area contributed by atoms with Crippen LogP contribution in [0.1, 0.15) is 26.3 Å². The van der Waals surface area contributed by atoms with Crippen LogP contribution < -0.4 is 5.76 Å². The number of hydrogen-bond acceptors (Lipinski definition) is 4. The zero-order valence-corrected chi connectivity index (χ0v) is 16.4. The number of halogens is 2. The Morgan fingerprint density at radius 1 is 0.828 bits per heavy atom. The van der Waals surface area contributed by atoms with Crippen molar-refractivity contribution < 1.29 is 14.0 Å². The summed E-state index contributed by atoms with van der Waals surface area (Å²) in [5.74, 6) is -1.18. The van der Waals surface area contributed by atoms with Crippen LogP contribution in [-0.2, 0) is 6.54 Å². The number of nitrogens with zero attached hydrogens (tertiary/aromatic N) is 1. The van der Waals surface area contributed by atoms with Crippen molar-refractivity contribution in [2.75, 3.05) is 0 Å². The lowest BCUT2D eigenvalue weighted by atomic mass is 10.0. The highest BCUT2D eigenvalue weighted by Crippen LogP contribution is 2.20. The van der Waals surface area contributed by atoms with Gasteiger partial charge in [-0.3, -0.25) is 14.2 Å². The molecule has 0 unspecified atom stereocenters. The van der Waals surface area contributed by atoms with Gasteiger partial charge in [-0.2, -0.15) is 0 Å². The maximum absolute atomic E-state index is 12.7. The fourth-order valence-electron chi connectivity index (χ4n) is 3.02. The average molecular weight is 426 g/mol. The molecule has 1 heterocycles. The van der Waals surface area contributed by atoms with Gasteiger partial charge >= 0.3 is 5.76 Å². The molecule has 3 aromatic carbocycles. The van der Waals surface area contributed by atoms with Crippen LogP contribution in [0.3, 0.4) is 0 Å². The minimum absolute atomic E-state index is 0.185. The first-order valence-electron chi connectivity index (χ1n) is 8.65. The molecule has 0 aliphatic rings. The molecule has 4 rings (SSSR count). The van der Waals surface area contributed by atoms with E-state index in [2.05, 4.69) is 0 Å². The highest BCUT2D eigenvalue weighted by atomic mass is 35.5. The molecule has 0 aliphatic heterocycles. The third kappa shape index (κ3) is 3.88. The molecule has 0 N–H and O–H groups in total. The van der Waals surface area contributed by atoms with Crippen molar-refractivity contribution >= 4 is 45.9 Å². The van der Waals surface area contributed by atoms with Gasteiger partial charge in [0.25, 0.3) is 0 Å². The topological polar surface area (TPSA) is 69.3 Å². The SMILES string of the molecule is O=C(Cn1c(=O)oc2cc(C(=O)c3cccc(Cl)c3)ccc21)c1ccc(Cl)cc1. The lowest BCUT2D eigenvalue weighted by molar-refractivity contribution is 0.0969. The van der Waals surface area contributed by atoms with E-state index in [9.17, 15) is 14.4 Å². The van der Waals surface area contributed by atoms with E-state index in [1.165, 1.54) is 10.6 Å². The van der Waals surface area contributed by atoms with Crippen LogP contribution in [0, 0.1) is 0 Å². The first-order valence-corrected chi connectivity index (χ1v) is 9.40. The van der Waals surface area contributed by atoms with Crippen LogP contribution in [0.5, 0.6) is 0 Å². The van der Waals surface area contributed by atoms with Crippen molar-refractivity contribution in [3.8, 4) is 0 Å². The van der Waals surface area contributed by atoms with Gasteiger partial charge < -0.3 is 4.42 Å². The van der Waals surface area contributed by atoms with E-state index in [1.54, 1.807) is 60.7 Å². The van der Waals surface area contributed by atoms with Crippen molar-refractivity contribution in [3.05, 3.63) is 104 Å². The Balaban J connectivity index is 1.66. The molecule has 1 aromatic heterocycles. The van der Waals surface area contributed by atoms with Crippen molar-refractivity contribution in [3.63, 3.8) is 0 Å². The number of aromatic nitrogens is 1. The molecule has 0 atom stereocenters. The third-order valence-electron chi connectivity index (χ3n) is 4.49. The minimum Gasteiger partial charge on any atom is -0.408 e. The Hall–Kier alpha value is -3.15. The van der Waals surface area contributed by atoms with E-state index in [0.29, 0.717) is 32.3 Å². The van der Waals surface area contributed by atoms with E-state index < -0.39 is 5.76 Å². The molecule has 0 fully saturated rings. The fraction of sp³-hybridized carbons (Fsp3) is 0.0455. The van der Waals surface area contributed by atoms with E-state index in [1.807, 2.05) is 0 Å². The Bertz CT molecular complexity index is 1300. The first kappa shape index (κ1) is 19.2. The van der Waals surface area contributed by atoms with Gasteiger partial charge in [0, 0.05) is 26.7 Å². The second-order valence-electron chi connectivity index (χ2n) is 6.41. The largest absolute Gasteiger partial charge is 0.420 e. The van der Waals surface area contributed by atoms with Crippen molar-refractivity contribution in [1.29, 1.82) is 0 Å². The normalized spacial score (nSPS) is 11.0. The molecule has 7 heteroatoms. The summed E-state index contributed by atoms with van der Waals surface area (Å²) in [6.45, 7) is -0.185. The van der Waals surface area contributed by atoms with Crippen molar-refractivity contribution in [2.45, 2.75) is 6.54 Å². The summed E-state index contributed by atoms with van der Waals surface area (Å²) in [7, 11) is 0. The summed E-state index contributed by atoms with van der Waals surface area (Å²) in [6, 6.07) is 17.7. The quantitative estimate of drug-likeness (QED) is 0.421. The van der Waals surface area contributed by atoms with Crippen LogP contribution >= 0.6 is 23.2 Å². The maximum atomic E-state index is 12.7. The summed E-state index contributed by atoms with van der Waals surface area (Å²) >= 11 is 11.8. The number of oxazole rings is 1. The van der Waals surface area contributed by atoms with Gasteiger partial charge in [0.1, 0.15) is 0 Å². The molecular weight excluding hydrogens is 413 g/mol. The standard InChI is InChI=1S/C22H13Cl2NO4/c23-16-7-4-13(5-8-16)19(26)12-25-18-9-6-15(11-20(18)29-22(25)28)21(27)14-2-1-3-17(24)10-14/h1-11H,12H2. The average Bonchev–Trinajstić information content (AvgIpc) is 3.02. The Morgan fingerprint density at radius 3 is 2.24 bits per heavy atom. The van der Waals surface area contributed by atoms with Crippen molar-refractivity contribution in [2.24, 2.45) is 0 Å². The fourth-order valence-corrected chi connectivity index (χ4v) is 3.34. The predicted octanol–water partition coefficient (Wildman–Crippen LogP) is 5.02. The summed E-state index contributed by atoms with van der Waals surface area (Å²) in [5, 5.41) is 0.972. The molecule has 0 bridgehead atoms. The highest BCUT2D eigenvalue weighted by Gasteiger charge is 2.17. The smallest absolute Gasteiger partial charge is 0.408 e. The Kier molecular flexibility index (Phi) is 5.09. The van der Waals surface area contributed by atoms with Gasteiger partial charge in [0.05, 0.1) is 12.1 Å². The number of carbonyl (C=O) groups excluding carboxylic acids is 2. The molecule has 0 saturated heterocycles. The zero-order valence-electron chi connectivity index (χ0n) is 14.9. The van der Waals surface area contributed by atoms with Crippen LogP contribution in [0.2, 0.25) is 10.0 Å². The number of hydrogen-bond donors (Lipinski definition) is 0. The summed E-state index contributed by atoms with van der Waals surface area (Å²) in [4.78, 5) is 37.5. The number of benzene rings is 3. The lowest BCUT2D eigenvalue weighted by Gasteiger charge is -2.04. The molecule has 0 aliphatic carbocycles. The van der Waals surface area contributed by atoms with E-state index >= 15 is 0 Å². The van der Waals surface area contributed by atoms with Gasteiger partial charge in [-0.1, -0.05) is 35.3 Å². The van der Waals surface area contributed by atoms with Gasteiger partial charge in [-0.05, 0) is 54.6 Å². The Labute approximate surface area is 175 Å². The van der Waals surface area contributed by atoms with Crippen LogP contribution in [0.15, 0.2) is 75.9 Å². The third-order valence-corrected chi connectivity index (χ3v) is 4.97. The second kappa shape index (κ2) is 7.70. The Morgan fingerprint density at radius 2 is 1.52 bits per heavy atom. The summed E-state index contributed by atoms with van der Waals surface area (Å²) in [5.41, 5.74) is 1.87. The minimum atomic E-state index is -0.672. The molecule has 5 nitrogen and oxygen atoms in total. The van der Waals surface area contributed by atoms with E-state index in [4.69, 9.17) is 27.6 Å². The van der Waals surface area contributed by atoms with Gasteiger partial charge in [-0.25, -0.2) is 4.79 Å². The molecule has 0 amide bonds. The first-order chi connectivity index (χ1) is 13.9. The number of Topliss-reactive ketones (excluding diaryl/α,β-unsaturated/α-hetero) is 1. The number of ketones is 2. The number of fused-ring (bicyclic) bond motifs is 1. The molecule has 4 aromatic rings. The van der Waals surface area contributed by atoms with Crippen LogP contribution in [-0.4, -0.2) is 16.1 Å². The van der Waals surface area contributed by atoms with Crippen LogP contribution in [0.4, 0.5) is 0 Å². The van der Waals surface area contributed by atoms with Gasteiger partial charge in [0.15, 0.2) is 17.1 Å².